The molecule has 2 rings (SSSR count). The smallest absolute Gasteiger partial charge is 0.113 e. The van der Waals surface area contributed by atoms with Crippen LogP contribution in [0.5, 0.6) is 0 Å². The molecule has 0 spiro atoms. The summed E-state index contributed by atoms with van der Waals surface area (Å²) in [6.07, 6.45) is 5.39. The van der Waals surface area contributed by atoms with E-state index in [0.29, 0.717) is 0 Å². The average Bonchev–Trinajstić information content (AvgIpc) is 2.78. The van der Waals surface area contributed by atoms with Crippen molar-refractivity contribution in [2.24, 2.45) is 0 Å². The van der Waals surface area contributed by atoms with E-state index in [4.69, 9.17) is 0 Å². The van der Waals surface area contributed by atoms with Gasteiger partial charge in [-0.3, -0.25) is 0 Å². The topological polar surface area (TPSA) is 38.0 Å². The van der Waals surface area contributed by atoms with Gasteiger partial charge in [0.05, 0.1) is 6.10 Å². The van der Waals surface area contributed by atoms with Crippen molar-refractivity contribution >= 4 is 0 Å². The van der Waals surface area contributed by atoms with Crippen LogP contribution in [0.25, 0.3) is 5.69 Å². The lowest BCUT2D eigenvalue weighted by molar-refractivity contribution is 0.199. The summed E-state index contributed by atoms with van der Waals surface area (Å²) in [5.74, 6) is 1.07. The Morgan fingerprint density at radius 2 is 2.24 bits per heavy atom. The average molecular weight is 230 g/mol. The highest BCUT2D eigenvalue weighted by molar-refractivity contribution is 5.37. The number of aromatic nitrogens is 2. The van der Waals surface area contributed by atoms with Crippen LogP contribution in [-0.4, -0.2) is 14.7 Å². The molecule has 0 bridgehead atoms. The summed E-state index contributed by atoms with van der Waals surface area (Å²) in [6.45, 7) is 3.92. The SMILES string of the molecule is CCCc1nccn1-c1cccc([C@@H](C)O)c1. The molecule has 17 heavy (non-hydrogen) atoms. The fourth-order valence-corrected chi connectivity index (χ4v) is 1.91. The molecule has 0 aliphatic heterocycles. The van der Waals surface area contributed by atoms with Gasteiger partial charge < -0.3 is 9.67 Å². The first-order valence-corrected chi connectivity index (χ1v) is 6.03. The van der Waals surface area contributed by atoms with Crippen LogP contribution in [0.4, 0.5) is 0 Å². The van der Waals surface area contributed by atoms with Gasteiger partial charge in [0.15, 0.2) is 0 Å². The van der Waals surface area contributed by atoms with E-state index in [2.05, 4.69) is 16.5 Å². The minimum absolute atomic E-state index is 0.437. The van der Waals surface area contributed by atoms with E-state index in [9.17, 15) is 5.11 Å². The third-order valence-corrected chi connectivity index (χ3v) is 2.82. The van der Waals surface area contributed by atoms with Crippen molar-refractivity contribution in [1.82, 2.24) is 9.55 Å². The first-order valence-electron chi connectivity index (χ1n) is 6.03. The van der Waals surface area contributed by atoms with Crippen molar-refractivity contribution in [2.45, 2.75) is 32.8 Å². The van der Waals surface area contributed by atoms with Crippen LogP contribution < -0.4 is 0 Å². The lowest BCUT2D eigenvalue weighted by Crippen LogP contribution is -2.01. The lowest BCUT2D eigenvalue weighted by Gasteiger charge is -2.10. The maximum atomic E-state index is 9.59. The molecular weight excluding hydrogens is 212 g/mol. The Bertz CT molecular complexity index is 488. The fraction of sp³-hybridized carbons (Fsp3) is 0.357. The lowest BCUT2D eigenvalue weighted by atomic mass is 10.1. The summed E-state index contributed by atoms with van der Waals surface area (Å²) in [7, 11) is 0. The molecule has 0 unspecified atom stereocenters. The van der Waals surface area contributed by atoms with E-state index in [-0.39, 0.29) is 0 Å². The summed E-state index contributed by atoms with van der Waals surface area (Å²) in [5.41, 5.74) is 1.99. The summed E-state index contributed by atoms with van der Waals surface area (Å²) < 4.78 is 2.08. The minimum atomic E-state index is -0.437. The highest BCUT2D eigenvalue weighted by atomic mass is 16.3. The maximum Gasteiger partial charge on any atom is 0.113 e. The second kappa shape index (κ2) is 5.15. The molecule has 1 heterocycles. The molecule has 1 atom stereocenters. The molecule has 1 aromatic carbocycles. The minimum Gasteiger partial charge on any atom is -0.389 e. The van der Waals surface area contributed by atoms with Gasteiger partial charge in [-0.1, -0.05) is 19.1 Å². The van der Waals surface area contributed by atoms with Crippen molar-refractivity contribution in [2.75, 3.05) is 0 Å². The predicted octanol–water partition coefficient (Wildman–Crippen LogP) is 2.88. The predicted molar refractivity (Wildman–Crippen MR) is 68.2 cm³/mol. The number of aliphatic hydroxyl groups is 1. The van der Waals surface area contributed by atoms with Crippen molar-refractivity contribution in [3.8, 4) is 5.69 Å². The molecule has 1 aromatic heterocycles. The Morgan fingerprint density at radius 3 is 2.94 bits per heavy atom. The molecular formula is C14H18N2O. The Labute approximate surface area is 102 Å². The number of imidazole rings is 1. The van der Waals surface area contributed by atoms with Crippen LogP contribution in [0.15, 0.2) is 36.7 Å². The number of nitrogens with zero attached hydrogens (tertiary/aromatic N) is 2. The van der Waals surface area contributed by atoms with Gasteiger partial charge in [0, 0.05) is 24.5 Å². The second-order valence-corrected chi connectivity index (χ2v) is 4.23. The van der Waals surface area contributed by atoms with E-state index in [1.807, 2.05) is 36.7 Å². The molecule has 0 radical (unpaired) electrons. The third kappa shape index (κ3) is 2.56. The quantitative estimate of drug-likeness (QED) is 0.877. The van der Waals surface area contributed by atoms with Crippen LogP contribution in [0.3, 0.4) is 0 Å². The second-order valence-electron chi connectivity index (χ2n) is 4.23. The molecule has 0 saturated heterocycles. The number of hydrogen-bond donors (Lipinski definition) is 1. The van der Waals surface area contributed by atoms with Gasteiger partial charge in [0.1, 0.15) is 5.82 Å². The van der Waals surface area contributed by atoms with Crippen molar-refractivity contribution < 1.29 is 5.11 Å². The largest absolute Gasteiger partial charge is 0.389 e. The first kappa shape index (κ1) is 11.9. The monoisotopic (exact) mass is 230 g/mol. The van der Waals surface area contributed by atoms with Crippen LogP contribution in [-0.2, 0) is 6.42 Å². The maximum absolute atomic E-state index is 9.59. The van der Waals surface area contributed by atoms with Gasteiger partial charge in [0.25, 0.3) is 0 Å². The van der Waals surface area contributed by atoms with Crippen LogP contribution in [0.1, 0.15) is 37.8 Å². The summed E-state index contributed by atoms with van der Waals surface area (Å²) in [6, 6.07) is 7.94. The molecule has 2 aromatic rings. The molecule has 1 N–H and O–H groups in total. The van der Waals surface area contributed by atoms with E-state index in [1.54, 1.807) is 6.92 Å². The van der Waals surface area contributed by atoms with Gasteiger partial charge in [-0.25, -0.2) is 4.98 Å². The Morgan fingerprint density at radius 1 is 1.41 bits per heavy atom. The number of benzene rings is 1. The molecule has 3 heteroatoms. The molecule has 0 fully saturated rings. The first-order chi connectivity index (χ1) is 8.22. The molecule has 3 nitrogen and oxygen atoms in total. The van der Waals surface area contributed by atoms with Crippen LogP contribution in [0, 0.1) is 0 Å². The fourth-order valence-electron chi connectivity index (χ4n) is 1.91. The van der Waals surface area contributed by atoms with Crippen LogP contribution >= 0.6 is 0 Å². The molecule has 0 aliphatic carbocycles. The van der Waals surface area contributed by atoms with Crippen molar-refractivity contribution in [3.63, 3.8) is 0 Å². The Hall–Kier alpha value is -1.61. The Balaban J connectivity index is 2.38. The third-order valence-electron chi connectivity index (χ3n) is 2.82. The van der Waals surface area contributed by atoms with Gasteiger partial charge in [-0.15, -0.1) is 0 Å². The van der Waals surface area contributed by atoms with E-state index in [1.165, 1.54) is 0 Å². The zero-order valence-corrected chi connectivity index (χ0v) is 10.3. The number of aliphatic hydroxyl groups excluding tert-OH is 1. The van der Waals surface area contributed by atoms with E-state index in [0.717, 1.165) is 29.9 Å². The molecule has 0 saturated carbocycles. The number of hydrogen-bond acceptors (Lipinski definition) is 2. The standard InChI is InChI=1S/C14H18N2O/c1-3-5-14-15-8-9-16(14)13-7-4-6-12(10-13)11(2)17/h4,6-11,17H,3,5H2,1-2H3/t11-/m1/s1. The summed E-state index contributed by atoms with van der Waals surface area (Å²) in [4.78, 5) is 4.36. The highest BCUT2D eigenvalue weighted by Gasteiger charge is 2.06. The number of rotatable bonds is 4. The zero-order valence-electron chi connectivity index (χ0n) is 10.3. The van der Waals surface area contributed by atoms with E-state index < -0.39 is 6.10 Å². The van der Waals surface area contributed by atoms with Crippen LogP contribution in [0.2, 0.25) is 0 Å². The van der Waals surface area contributed by atoms with Gasteiger partial charge in [0.2, 0.25) is 0 Å². The molecule has 0 amide bonds. The number of aryl methyl sites for hydroxylation is 1. The van der Waals surface area contributed by atoms with Gasteiger partial charge >= 0.3 is 0 Å². The summed E-state index contributed by atoms with van der Waals surface area (Å²) in [5, 5.41) is 9.59. The molecule has 90 valence electrons. The Kier molecular flexibility index (Phi) is 3.59. The van der Waals surface area contributed by atoms with E-state index >= 15 is 0 Å². The normalized spacial score (nSPS) is 12.6. The van der Waals surface area contributed by atoms with Gasteiger partial charge in [-0.2, -0.15) is 0 Å². The summed E-state index contributed by atoms with van der Waals surface area (Å²) >= 11 is 0. The van der Waals surface area contributed by atoms with Gasteiger partial charge in [-0.05, 0) is 31.0 Å². The van der Waals surface area contributed by atoms with Crippen molar-refractivity contribution in [3.05, 3.63) is 48.0 Å². The highest BCUT2D eigenvalue weighted by Crippen LogP contribution is 2.18. The zero-order chi connectivity index (χ0) is 12.3. The van der Waals surface area contributed by atoms with Crippen molar-refractivity contribution in [1.29, 1.82) is 0 Å². The molecule has 0 aliphatic rings.